The van der Waals surface area contributed by atoms with Gasteiger partial charge in [0.1, 0.15) is 0 Å². The molecule has 2 N–H and O–H groups in total. The first-order chi connectivity index (χ1) is 10.0. The highest BCUT2D eigenvalue weighted by Crippen LogP contribution is 2.45. The number of carbonyl (C=O) groups excluding carboxylic acids is 1. The largest absolute Gasteiger partial charge is 0.369 e. The Balaban J connectivity index is 2.17. The fourth-order valence-corrected chi connectivity index (χ4v) is 2.85. The lowest BCUT2D eigenvalue weighted by Gasteiger charge is -2.12. The molecule has 0 radical (unpaired) electrons. The van der Waals surface area contributed by atoms with Crippen molar-refractivity contribution in [3.05, 3.63) is 59.2 Å². The number of halogens is 3. The molecule has 1 amide bonds. The smallest absolute Gasteiger partial charge is 0.273 e. The number of alkyl halides is 3. The second-order valence-corrected chi connectivity index (χ2v) is 5.01. The first kappa shape index (κ1) is 13.7. The third kappa shape index (κ3) is 2.09. The Morgan fingerprint density at radius 3 is 2.33 bits per heavy atom. The van der Waals surface area contributed by atoms with E-state index in [2.05, 4.69) is 0 Å². The van der Waals surface area contributed by atoms with Gasteiger partial charge in [0.25, 0.3) is 6.43 Å². The van der Waals surface area contributed by atoms with Gasteiger partial charge in [0.15, 0.2) is 6.17 Å². The molecule has 1 aliphatic rings. The zero-order chi connectivity index (χ0) is 15.1. The molecule has 2 atom stereocenters. The van der Waals surface area contributed by atoms with E-state index in [0.29, 0.717) is 5.56 Å². The summed E-state index contributed by atoms with van der Waals surface area (Å²) in [6, 6.07) is 11.4. The van der Waals surface area contributed by atoms with Crippen molar-refractivity contribution in [2.45, 2.75) is 18.5 Å². The van der Waals surface area contributed by atoms with Crippen molar-refractivity contribution in [1.82, 2.24) is 0 Å². The quantitative estimate of drug-likeness (QED) is 0.923. The summed E-state index contributed by atoms with van der Waals surface area (Å²) in [5, 5.41) is 0. The maximum Gasteiger partial charge on any atom is 0.273 e. The number of nitrogens with two attached hydrogens (primary N) is 1. The van der Waals surface area contributed by atoms with Gasteiger partial charge in [-0.05, 0) is 27.8 Å². The SMILES string of the molecule is NC(=O)C1c2ccccc2-c2ccc(C(F)C(F)F)cc21. The van der Waals surface area contributed by atoms with Gasteiger partial charge in [0.2, 0.25) is 5.91 Å². The van der Waals surface area contributed by atoms with Crippen LogP contribution in [0.5, 0.6) is 0 Å². The maximum atomic E-state index is 13.5. The second-order valence-electron chi connectivity index (χ2n) is 5.01. The molecule has 0 heterocycles. The minimum Gasteiger partial charge on any atom is -0.369 e. The van der Waals surface area contributed by atoms with Crippen LogP contribution in [-0.4, -0.2) is 12.3 Å². The van der Waals surface area contributed by atoms with E-state index in [4.69, 9.17) is 5.73 Å². The molecule has 3 rings (SSSR count). The highest BCUT2D eigenvalue weighted by atomic mass is 19.3. The molecule has 2 nitrogen and oxygen atoms in total. The molecule has 0 aromatic heterocycles. The molecule has 5 heteroatoms. The molecule has 0 fully saturated rings. The van der Waals surface area contributed by atoms with E-state index in [9.17, 15) is 18.0 Å². The van der Waals surface area contributed by atoms with Crippen LogP contribution in [0.15, 0.2) is 42.5 Å². The van der Waals surface area contributed by atoms with Crippen LogP contribution >= 0.6 is 0 Å². The van der Waals surface area contributed by atoms with Gasteiger partial charge in [-0.25, -0.2) is 13.2 Å². The summed E-state index contributed by atoms with van der Waals surface area (Å²) < 4.78 is 38.6. The molecule has 2 aromatic rings. The van der Waals surface area contributed by atoms with Gasteiger partial charge in [-0.3, -0.25) is 4.79 Å². The van der Waals surface area contributed by atoms with Crippen molar-refractivity contribution in [3.63, 3.8) is 0 Å². The topological polar surface area (TPSA) is 43.1 Å². The van der Waals surface area contributed by atoms with Gasteiger partial charge in [0.05, 0.1) is 5.92 Å². The highest BCUT2D eigenvalue weighted by Gasteiger charge is 2.33. The molecule has 0 bridgehead atoms. The van der Waals surface area contributed by atoms with Gasteiger partial charge in [-0.15, -0.1) is 0 Å². The predicted octanol–water partition coefficient (Wildman–Crippen LogP) is 3.56. The van der Waals surface area contributed by atoms with Crippen molar-refractivity contribution in [2.75, 3.05) is 0 Å². The van der Waals surface area contributed by atoms with E-state index in [1.54, 1.807) is 18.2 Å². The highest BCUT2D eigenvalue weighted by molar-refractivity contribution is 5.95. The molecule has 0 spiro atoms. The van der Waals surface area contributed by atoms with E-state index in [1.165, 1.54) is 12.1 Å². The van der Waals surface area contributed by atoms with Crippen LogP contribution in [0.1, 0.15) is 28.8 Å². The molecular formula is C16H12F3NO. The lowest BCUT2D eigenvalue weighted by molar-refractivity contribution is -0.118. The molecule has 1 aliphatic carbocycles. The third-order valence-corrected chi connectivity index (χ3v) is 3.77. The minimum atomic E-state index is -3.10. The maximum absolute atomic E-state index is 13.5. The van der Waals surface area contributed by atoms with Crippen molar-refractivity contribution >= 4 is 5.91 Å². The Morgan fingerprint density at radius 2 is 1.67 bits per heavy atom. The molecule has 0 saturated carbocycles. The first-order valence-corrected chi connectivity index (χ1v) is 6.45. The van der Waals surface area contributed by atoms with Gasteiger partial charge < -0.3 is 5.73 Å². The summed E-state index contributed by atoms with van der Waals surface area (Å²) in [6.07, 6.45) is -5.47. The molecule has 108 valence electrons. The Hall–Kier alpha value is -2.30. The first-order valence-electron chi connectivity index (χ1n) is 6.45. The average Bonchev–Trinajstić information content (AvgIpc) is 2.79. The van der Waals surface area contributed by atoms with Crippen LogP contribution in [-0.2, 0) is 4.79 Å². The molecule has 0 saturated heterocycles. The van der Waals surface area contributed by atoms with Crippen molar-refractivity contribution in [2.24, 2.45) is 5.73 Å². The fourth-order valence-electron chi connectivity index (χ4n) is 2.85. The molecule has 2 unspecified atom stereocenters. The van der Waals surface area contributed by atoms with E-state index >= 15 is 0 Å². The zero-order valence-electron chi connectivity index (χ0n) is 10.9. The monoisotopic (exact) mass is 291 g/mol. The fraction of sp³-hybridized carbons (Fsp3) is 0.188. The summed E-state index contributed by atoms with van der Waals surface area (Å²) in [7, 11) is 0. The Morgan fingerprint density at radius 1 is 1.00 bits per heavy atom. The summed E-state index contributed by atoms with van der Waals surface area (Å²) in [6.45, 7) is 0. The van der Waals surface area contributed by atoms with Crippen LogP contribution in [0.4, 0.5) is 13.2 Å². The van der Waals surface area contributed by atoms with Crippen LogP contribution in [0.3, 0.4) is 0 Å². The van der Waals surface area contributed by atoms with Crippen LogP contribution in [0.25, 0.3) is 11.1 Å². The van der Waals surface area contributed by atoms with Gasteiger partial charge in [-0.2, -0.15) is 0 Å². The lowest BCUT2D eigenvalue weighted by atomic mass is 9.94. The van der Waals surface area contributed by atoms with Crippen LogP contribution in [0.2, 0.25) is 0 Å². The van der Waals surface area contributed by atoms with Crippen molar-refractivity contribution < 1.29 is 18.0 Å². The number of amides is 1. The second kappa shape index (κ2) is 4.91. The average molecular weight is 291 g/mol. The molecule has 0 aliphatic heterocycles. The molecular weight excluding hydrogens is 279 g/mol. The van der Waals surface area contributed by atoms with Crippen molar-refractivity contribution in [3.8, 4) is 11.1 Å². The molecule has 2 aromatic carbocycles. The van der Waals surface area contributed by atoms with Gasteiger partial charge in [0, 0.05) is 0 Å². The standard InChI is InChI=1S/C16H12F3NO/c17-14(15(18)19)8-5-6-10-9-3-1-2-4-11(9)13(16(20)21)12(10)7-8/h1-7,13-15H,(H2,20,21). The van der Waals surface area contributed by atoms with Crippen LogP contribution < -0.4 is 5.73 Å². The summed E-state index contributed by atoms with van der Waals surface area (Å²) >= 11 is 0. The summed E-state index contributed by atoms with van der Waals surface area (Å²) in [5.74, 6) is -1.30. The molecule has 21 heavy (non-hydrogen) atoms. The van der Waals surface area contributed by atoms with E-state index in [-0.39, 0.29) is 5.56 Å². The van der Waals surface area contributed by atoms with Crippen LogP contribution in [0, 0.1) is 0 Å². The van der Waals surface area contributed by atoms with E-state index < -0.39 is 24.4 Å². The number of fused-ring (bicyclic) bond motifs is 3. The minimum absolute atomic E-state index is 0.136. The third-order valence-electron chi connectivity index (χ3n) is 3.77. The number of primary amides is 1. The number of hydrogen-bond donors (Lipinski definition) is 1. The lowest BCUT2D eigenvalue weighted by Crippen LogP contribution is -2.20. The van der Waals surface area contributed by atoms with E-state index in [1.807, 2.05) is 12.1 Å². The summed E-state index contributed by atoms with van der Waals surface area (Å²) in [5.41, 5.74) is 8.08. The number of carbonyl (C=O) groups is 1. The zero-order valence-corrected chi connectivity index (χ0v) is 10.9. The van der Waals surface area contributed by atoms with Gasteiger partial charge >= 0.3 is 0 Å². The predicted molar refractivity (Wildman–Crippen MR) is 72.8 cm³/mol. The normalized spacial score (nSPS) is 17.4. The van der Waals surface area contributed by atoms with E-state index in [0.717, 1.165) is 16.7 Å². The Labute approximate surface area is 119 Å². The van der Waals surface area contributed by atoms with Crippen molar-refractivity contribution in [1.29, 1.82) is 0 Å². The van der Waals surface area contributed by atoms with Gasteiger partial charge in [-0.1, -0.05) is 42.5 Å². The number of hydrogen-bond acceptors (Lipinski definition) is 1. The Kier molecular flexibility index (Phi) is 3.20. The number of benzene rings is 2. The summed E-state index contributed by atoms with van der Waals surface area (Å²) in [4.78, 5) is 11.7. The Bertz CT molecular complexity index is 714. The number of rotatable bonds is 3.